The minimum Gasteiger partial charge on any atom is -0.342 e. The van der Waals surface area contributed by atoms with Crippen molar-refractivity contribution in [2.75, 3.05) is 0 Å². The molecule has 0 aliphatic carbocycles. The largest absolute Gasteiger partial charge is 0.342 e. The number of imidazole rings is 2. The molecule has 0 amide bonds. The SMILES string of the molecule is C=C/C=C(\C=C)n1c2ccccc2n2c3c(ccc4c5ccccc5n(C)c43)nc12. The van der Waals surface area contributed by atoms with Gasteiger partial charge < -0.3 is 4.57 Å². The van der Waals surface area contributed by atoms with E-state index in [1.807, 2.05) is 12.2 Å². The van der Waals surface area contributed by atoms with Crippen LogP contribution in [0.15, 0.2) is 92.0 Å². The summed E-state index contributed by atoms with van der Waals surface area (Å²) in [5, 5.41) is 2.50. The van der Waals surface area contributed by atoms with Gasteiger partial charge in [-0.05, 0) is 42.5 Å². The van der Waals surface area contributed by atoms with Crippen LogP contribution in [-0.2, 0) is 7.05 Å². The van der Waals surface area contributed by atoms with Gasteiger partial charge in [0.1, 0.15) is 0 Å². The lowest BCUT2D eigenvalue weighted by Crippen LogP contribution is -1.95. The van der Waals surface area contributed by atoms with E-state index in [9.17, 15) is 0 Å². The van der Waals surface area contributed by atoms with Crippen molar-refractivity contribution >= 4 is 55.3 Å². The van der Waals surface area contributed by atoms with Crippen molar-refractivity contribution in [1.29, 1.82) is 0 Å². The summed E-state index contributed by atoms with van der Waals surface area (Å²) in [5.74, 6) is 0.872. The summed E-state index contributed by atoms with van der Waals surface area (Å²) in [6.07, 6.45) is 5.60. The highest BCUT2D eigenvalue weighted by molar-refractivity contribution is 6.17. The quantitative estimate of drug-likeness (QED) is 0.327. The third-order valence-corrected chi connectivity index (χ3v) is 5.98. The molecular formula is C26H20N4. The number of fused-ring (bicyclic) bond motifs is 9. The van der Waals surface area contributed by atoms with Crippen molar-refractivity contribution < 1.29 is 0 Å². The fourth-order valence-electron chi connectivity index (χ4n) is 4.75. The van der Waals surface area contributed by atoms with E-state index >= 15 is 0 Å². The molecule has 0 bridgehead atoms. The van der Waals surface area contributed by atoms with Crippen molar-refractivity contribution in [3.63, 3.8) is 0 Å². The molecule has 6 aromatic rings. The van der Waals surface area contributed by atoms with Gasteiger partial charge in [-0.1, -0.05) is 49.6 Å². The number of aryl methyl sites for hydroxylation is 1. The third-order valence-electron chi connectivity index (χ3n) is 5.98. The molecule has 0 unspecified atom stereocenters. The standard InChI is InChI=1S/C26H20N4/c1-4-10-17(5-2)29-22-13-8-9-14-23(22)30-25-20(27-26(29)30)16-15-19-18-11-6-7-12-21(18)28(3)24(19)25/h4-16H,1-2H2,3H3/b17-10+. The second-order valence-corrected chi connectivity index (χ2v) is 7.51. The maximum Gasteiger partial charge on any atom is 0.220 e. The molecule has 4 nitrogen and oxygen atoms in total. The number of nitrogens with zero attached hydrogens (tertiary/aromatic N) is 4. The fraction of sp³-hybridized carbons (Fsp3) is 0.0385. The number of para-hydroxylation sites is 3. The second kappa shape index (κ2) is 5.97. The highest BCUT2D eigenvalue weighted by Crippen LogP contribution is 2.36. The van der Waals surface area contributed by atoms with Crippen molar-refractivity contribution in [2.45, 2.75) is 0 Å². The zero-order chi connectivity index (χ0) is 20.4. The number of benzene rings is 3. The number of hydrogen-bond donors (Lipinski definition) is 0. The average Bonchev–Trinajstić information content (AvgIpc) is 3.40. The first-order valence-electron chi connectivity index (χ1n) is 9.98. The van der Waals surface area contributed by atoms with Gasteiger partial charge in [0.15, 0.2) is 0 Å². The Hall–Kier alpha value is -4.05. The zero-order valence-electron chi connectivity index (χ0n) is 16.7. The van der Waals surface area contributed by atoms with Crippen LogP contribution in [0.5, 0.6) is 0 Å². The first kappa shape index (κ1) is 16.9. The van der Waals surface area contributed by atoms with E-state index in [0.29, 0.717) is 0 Å². The molecule has 4 heteroatoms. The average molecular weight is 388 g/mol. The molecule has 0 aliphatic rings. The van der Waals surface area contributed by atoms with Crippen LogP contribution in [0.1, 0.15) is 0 Å². The molecule has 0 saturated heterocycles. The summed E-state index contributed by atoms with van der Waals surface area (Å²) < 4.78 is 6.70. The molecule has 0 saturated carbocycles. The number of hydrogen-bond acceptors (Lipinski definition) is 1. The summed E-state index contributed by atoms with van der Waals surface area (Å²) in [4.78, 5) is 5.05. The first-order valence-corrected chi connectivity index (χ1v) is 9.98. The first-order chi connectivity index (χ1) is 14.7. The molecule has 3 heterocycles. The highest BCUT2D eigenvalue weighted by Gasteiger charge is 2.20. The van der Waals surface area contributed by atoms with E-state index in [0.717, 1.165) is 33.5 Å². The van der Waals surface area contributed by atoms with Crippen LogP contribution in [0.4, 0.5) is 0 Å². The summed E-state index contributed by atoms with van der Waals surface area (Å²) in [6.45, 7) is 7.89. The Morgan fingerprint density at radius 3 is 2.33 bits per heavy atom. The normalized spacial score (nSPS) is 12.6. The topological polar surface area (TPSA) is 27.2 Å². The number of allylic oxidation sites excluding steroid dienone is 4. The molecule has 3 aromatic heterocycles. The van der Waals surface area contributed by atoms with E-state index in [1.54, 1.807) is 6.08 Å². The van der Waals surface area contributed by atoms with Crippen LogP contribution in [0.25, 0.3) is 55.3 Å². The minimum absolute atomic E-state index is 0.872. The Kier molecular flexibility index (Phi) is 3.36. The predicted octanol–water partition coefficient (Wildman–Crippen LogP) is 6.30. The lowest BCUT2D eigenvalue weighted by Gasteiger charge is -2.04. The number of rotatable bonds is 3. The second-order valence-electron chi connectivity index (χ2n) is 7.51. The summed E-state index contributed by atoms with van der Waals surface area (Å²) in [7, 11) is 2.13. The Labute approximate surface area is 173 Å². The van der Waals surface area contributed by atoms with Crippen LogP contribution in [0, 0.1) is 0 Å². The van der Waals surface area contributed by atoms with Gasteiger partial charge in [0.05, 0.1) is 27.6 Å². The van der Waals surface area contributed by atoms with Crippen molar-refractivity contribution in [2.24, 2.45) is 7.05 Å². The molecule has 6 rings (SSSR count). The molecule has 0 fully saturated rings. The van der Waals surface area contributed by atoms with Crippen LogP contribution >= 0.6 is 0 Å². The molecule has 0 aliphatic heterocycles. The lowest BCUT2D eigenvalue weighted by molar-refractivity contribution is 1.02. The molecule has 0 N–H and O–H groups in total. The Morgan fingerprint density at radius 1 is 0.833 bits per heavy atom. The molecule has 3 aromatic carbocycles. The van der Waals surface area contributed by atoms with E-state index in [4.69, 9.17) is 4.98 Å². The maximum atomic E-state index is 5.05. The van der Waals surface area contributed by atoms with Gasteiger partial charge in [0.25, 0.3) is 0 Å². The van der Waals surface area contributed by atoms with Gasteiger partial charge in [-0.15, -0.1) is 0 Å². The van der Waals surface area contributed by atoms with E-state index in [2.05, 4.69) is 94.4 Å². The van der Waals surface area contributed by atoms with Gasteiger partial charge in [-0.2, -0.15) is 0 Å². The van der Waals surface area contributed by atoms with Crippen LogP contribution in [-0.4, -0.2) is 18.5 Å². The van der Waals surface area contributed by atoms with Crippen LogP contribution in [0.3, 0.4) is 0 Å². The Bertz CT molecular complexity index is 1680. The predicted molar refractivity (Wildman–Crippen MR) is 127 cm³/mol. The summed E-state index contributed by atoms with van der Waals surface area (Å²) in [5.41, 5.74) is 7.66. The van der Waals surface area contributed by atoms with Crippen molar-refractivity contribution in [3.8, 4) is 0 Å². The lowest BCUT2D eigenvalue weighted by atomic mass is 10.1. The van der Waals surface area contributed by atoms with Crippen molar-refractivity contribution in [3.05, 3.63) is 92.0 Å². The molecular weight excluding hydrogens is 368 g/mol. The molecule has 0 atom stereocenters. The van der Waals surface area contributed by atoms with Crippen molar-refractivity contribution in [1.82, 2.24) is 18.5 Å². The van der Waals surface area contributed by atoms with Crippen LogP contribution < -0.4 is 0 Å². The smallest absolute Gasteiger partial charge is 0.220 e. The third kappa shape index (κ3) is 1.97. The van der Waals surface area contributed by atoms with E-state index in [-0.39, 0.29) is 0 Å². The van der Waals surface area contributed by atoms with Gasteiger partial charge >= 0.3 is 0 Å². The van der Waals surface area contributed by atoms with E-state index in [1.165, 1.54) is 21.8 Å². The Morgan fingerprint density at radius 2 is 1.57 bits per heavy atom. The van der Waals surface area contributed by atoms with Gasteiger partial charge in [0.2, 0.25) is 5.78 Å². The van der Waals surface area contributed by atoms with Gasteiger partial charge in [-0.25, -0.2) is 4.98 Å². The van der Waals surface area contributed by atoms with Crippen LogP contribution in [0.2, 0.25) is 0 Å². The molecule has 0 spiro atoms. The van der Waals surface area contributed by atoms with Gasteiger partial charge in [0, 0.05) is 29.0 Å². The molecule has 30 heavy (non-hydrogen) atoms. The molecule has 144 valence electrons. The Balaban J connectivity index is 1.93. The summed E-state index contributed by atoms with van der Waals surface area (Å²) in [6, 6.07) is 21.3. The van der Waals surface area contributed by atoms with Gasteiger partial charge in [-0.3, -0.25) is 8.97 Å². The fourth-order valence-corrected chi connectivity index (χ4v) is 4.75. The highest BCUT2D eigenvalue weighted by atomic mass is 15.2. The number of aromatic nitrogens is 4. The van der Waals surface area contributed by atoms with E-state index < -0.39 is 0 Å². The minimum atomic E-state index is 0.872. The molecule has 0 radical (unpaired) electrons. The maximum absolute atomic E-state index is 5.05. The summed E-state index contributed by atoms with van der Waals surface area (Å²) >= 11 is 0. The monoisotopic (exact) mass is 388 g/mol. The zero-order valence-corrected chi connectivity index (χ0v) is 16.7.